The highest BCUT2D eigenvalue weighted by molar-refractivity contribution is 7.09. The molecule has 0 aromatic carbocycles. The molecule has 11 heteroatoms. The molecule has 4 rings (SSSR count). The first-order chi connectivity index (χ1) is 16.2. The fourth-order valence-corrected chi connectivity index (χ4v) is 3.82. The van der Waals surface area contributed by atoms with E-state index in [0.29, 0.717) is 12.1 Å². The molecule has 0 aliphatic heterocycles. The van der Waals surface area contributed by atoms with Crippen molar-refractivity contribution < 1.29 is 27.9 Å². The Morgan fingerprint density at radius 1 is 1.21 bits per heavy atom. The Morgan fingerprint density at radius 2 is 1.97 bits per heavy atom. The summed E-state index contributed by atoms with van der Waals surface area (Å²) in [5, 5.41) is 13.3. The van der Waals surface area contributed by atoms with Crippen LogP contribution in [0.3, 0.4) is 0 Å². The van der Waals surface area contributed by atoms with Crippen molar-refractivity contribution in [2.75, 3.05) is 6.54 Å². The number of aryl methyl sites for hydroxylation is 1. The minimum Gasteiger partial charge on any atom is -0.475 e. The average Bonchev–Trinajstić information content (AvgIpc) is 3.44. The van der Waals surface area contributed by atoms with Gasteiger partial charge in [-0.15, -0.1) is 11.3 Å². The van der Waals surface area contributed by atoms with Gasteiger partial charge in [0.2, 0.25) is 0 Å². The number of fused-ring (bicyclic) bond motifs is 1. The van der Waals surface area contributed by atoms with Gasteiger partial charge in [0.1, 0.15) is 0 Å². The van der Waals surface area contributed by atoms with Gasteiger partial charge in [0.05, 0.1) is 27.5 Å². The lowest BCUT2D eigenvalue weighted by molar-refractivity contribution is -0.192. The van der Waals surface area contributed by atoms with E-state index in [1.165, 1.54) is 0 Å². The number of amides is 1. The van der Waals surface area contributed by atoms with Crippen molar-refractivity contribution in [3.8, 4) is 11.4 Å². The van der Waals surface area contributed by atoms with Crippen LogP contribution in [0.1, 0.15) is 27.9 Å². The molecule has 0 aliphatic rings. The second-order valence-corrected chi connectivity index (χ2v) is 7.99. The molecular formula is C23H21F3N4O3S. The largest absolute Gasteiger partial charge is 0.490 e. The lowest BCUT2D eigenvalue weighted by atomic mass is 10.2. The fraction of sp³-hybridized carbons (Fsp3) is 0.217. The maximum atomic E-state index is 12.8. The summed E-state index contributed by atoms with van der Waals surface area (Å²) < 4.78 is 33.8. The smallest absolute Gasteiger partial charge is 0.475 e. The van der Waals surface area contributed by atoms with Crippen LogP contribution in [0.15, 0.2) is 60.4 Å². The van der Waals surface area contributed by atoms with Crippen LogP contribution in [0.2, 0.25) is 0 Å². The number of carbonyl (C=O) groups is 2. The molecule has 1 amide bonds. The van der Waals surface area contributed by atoms with Gasteiger partial charge in [0.25, 0.3) is 5.91 Å². The molecule has 0 saturated heterocycles. The Balaban J connectivity index is 0.000000406. The van der Waals surface area contributed by atoms with Crippen molar-refractivity contribution in [2.45, 2.75) is 25.9 Å². The number of carboxylic acid groups (broad SMARTS) is 1. The molecule has 178 valence electrons. The van der Waals surface area contributed by atoms with Crippen LogP contribution in [0.4, 0.5) is 13.2 Å². The van der Waals surface area contributed by atoms with Gasteiger partial charge in [-0.2, -0.15) is 13.2 Å². The first-order valence-corrected chi connectivity index (χ1v) is 11.1. The Labute approximate surface area is 196 Å². The van der Waals surface area contributed by atoms with Crippen molar-refractivity contribution >= 4 is 28.7 Å². The molecule has 4 aromatic heterocycles. The van der Waals surface area contributed by atoms with E-state index < -0.39 is 12.1 Å². The van der Waals surface area contributed by atoms with Gasteiger partial charge in [-0.3, -0.25) is 9.78 Å². The summed E-state index contributed by atoms with van der Waals surface area (Å²) in [6.45, 7) is 2.67. The number of carboxylic acids is 1. The molecule has 0 bridgehead atoms. The number of pyridine rings is 2. The van der Waals surface area contributed by atoms with Crippen molar-refractivity contribution in [1.29, 1.82) is 0 Å². The molecule has 0 atom stereocenters. The second-order valence-electron chi connectivity index (χ2n) is 7.05. The van der Waals surface area contributed by atoms with Crippen LogP contribution in [0.5, 0.6) is 0 Å². The Bertz CT molecular complexity index is 1270. The topological polar surface area (TPSA) is 96.6 Å². The number of nitrogens with zero attached hydrogens (tertiary/aromatic N) is 3. The number of nitrogens with one attached hydrogen (secondary N) is 1. The van der Waals surface area contributed by atoms with Crippen molar-refractivity contribution in [3.05, 3.63) is 76.5 Å². The van der Waals surface area contributed by atoms with E-state index in [9.17, 15) is 18.0 Å². The zero-order chi connectivity index (χ0) is 24.7. The molecule has 34 heavy (non-hydrogen) atoms. The molecule has 7 nitrogen and oxygen atoms in total. The van der Waals surface area contributed by atoms with E-state index >= 15 is 0 Å². The maximum absolute atomic E-state index is 12.8. The number of aromatic nitrogens is 3. The summed E-state index contributed by atoms with van der Waals surface area (Å²) in [5.41, 5.74) is 4.52. The van der Waals surface area contributed by atoms with Crippen molar-refractivity contribution in [2.24, 2.45) is 0 Å². The first-order valence-electron chi connectivity index (χ1n) is 10.2. The predicted molar refractivity (Wildman–Crippen MR) is 122 cm³/mol. The number of hydrogen-bond donors (Lipinski definition) is 2. The maximum Gasteiger partial charge on any atom is 0.490 e. The number of alkyl halides is 3. The minimum atomic E-state index is -5.08. The van der Waals surface area contributed by atoms with Gasteiger partial charge in [0.15, 0.2) is 0 Å². The molecule has 0 radical (unpaired) electrons. The van der Waals surface area contributed by atoms with Crippen LogP contribution in [-0.2, 0) is 17.6 Å². The minimum absolute atomic E-state index is 0.0696. The molecule has 0 unspecified atom stereocenters. The zero-order valence-corrected chi connectivity index (χ0v) is 18.9. The van der Waals surface area contributed by atoms with E-state index in [0.717, 1.165) is 40.3 Å². The van der Waals surface area contributed by atoms with E-state index in [2.05, 4.69) is 27.6 Å². The normalized spacial score (nSPS) is 11.1. The van der Waals surface area contributed by atoms with E-state index in [4.69, 9.17) is 9.90 Å². The lowest BCUT2D eigenvalue weighted by Gasteiger charge is -2.04. The lowest BCUT2D eigenvalue weighted by Crippen LogP contribution is -2.25. The summed E-state index contributed by atoms with van der Waals surface area (Å²) in [6.07, 6.45) is 2.13. The monoisotopic (exact) mass is 490 g/mol. The number of halogens is 3. The highest BCUT2D eigenvalue weighted by Gasteiger charge is 2.38. The predicted octanol–water partition coefficient (Wildman–Crippen LogP) is 4.63. The van der Waals surface area contributed by atoms with Gasteiger partial charge >= 0.3 is 12.1 Å². The van der Waals surface area contributed by atoms with Crippen LogP contribution in [-0.4, -0.2) is 44.1 Å². The van der Waals surface area contributed by atoms with Crippen LogP contribution in [0, 0.1) is 0 Å². The Morgan fingerprint density at radius 3 is 2.59 bits per heavy atom. The van der Waals surface area contributed by atoms with Gasteiger partial charge < -0.3 is 14.8 Å². The summed E-state index contributed by atoms with van der Waals surface area (Å²) in [6, 6.07) is 11.7. The molecule has 4 aromatic rings. The van der Waals surface area contributed by atoms with Gasteiger partial charge in [-0.25, -0.2) is 9.78 Å². The molecule has 0 fully saturated rings. The summed E-state index contributed by atoms with van der Waals surface area (Å²) in [4.78, 5) is 30.5. The molecule has 2 N–H and O–H groups in total. The number of thiazole rings is 1. The Hall–Kier alpha value is -3.73. The molecule has 0 aliphatic carbocycles. The summed E-state index contributed by atoms with van der Waals surface area (Å²) in [7, 11) is 0. The van der Waals surface area contributed by atoms with E-state index in [-0.39, 0.29) is 5.91 Å². The van der Waals surface area contributed by atoms with Crippen LogP contribution >= 0.6 is 11.3 Å². The third-order valence-corrected chi connectivity index (χ3v) is 5.70. The zero-order valence-electron chi connectivity index (χ0n) is 18.0. The van der Waals surface area contributed by atoms with E-state index in [1.54, 1.807) is 17.5 Å². The van der Waals surface area contributed by atoms with Gasteiger partial charge in [-0.1, -0.05) is 19.1 Å². The quantitative estimate of drug-likeness (QED) is 0.411. The summed E-state index contributed by atoms with van der Waals surface area (Å²) in [5.74, 6) is -2.83. The average molecular weight is 491 g/mol. The highest BCUT2D eigenvalue weighted by atomic mass is 32.1. The number of aliphatic carboxylic acids is 1. The summed E-state index contributed by atoms with van der Waals surface area (Å²) >= 11 is 1.65. The van der Waals surface area contributed by atoms with Gasteiger partial charge in [-0.05, 0) is 42.7 Å². The third-order valence-electron chi connectivity index (χ3n) is 4.70. The number of carbonyl (C=O) groups excluding carboxylic acids is 1. The first kappa shape index (κ1) is 24.9. The second kappa shape index (κ2) is 10.9. The van der Waals surface area contributed by atoms with Crippen molar-refractivity contribution in [3.63, 3.8) is 0 Å². The Kier molecular flexibility index (Phi) is 8.00. The third kappa shape index (κ3) is 6.19. The van der Waals surface area contributed by atoms with E-state index in [1.807, 2.05) is 53.2 Å². The number of hydrogen-bond acceptors (Lipinski definition) is 5. The van der Waals surface area contributed by atoms with Crippen molar-refractivity contribution in [1.82, 2.24) is 19.7 Å². The molecule has 0 saturated carbocycles. The van der Waals surface area contributed by atoms with Crippen LogP contribution in [0.25, 0.3) is 16.9 Å². The number of rotatable bonds is 6. The highest BCUT2D eigenvalue weighted by Crippen LogP contribution is 2.27. The molecular weight excluding hydrogens is 469 g/mol. The van der Waals surface area contributed by atoms with Gasteiger partial charge in [0, 0.05) is 30.5 Å². The molecule has 0 spiro atoms. The standard InChI is InChI=1S/C21H20N4OS.C2HF3O2/c1-2-20-24-17(14-27-20)19-12-16(18-7-3-4-11-25(18)19)21(26)23-10-8-15-6-5-9-22-13-15;3-2(4,5)1(6)7/h3-7,9,11-14H,2,8,10H2,1H3,(H,23,26);(H,6,7). The molecule has 4 heterocycles. The SMILES string of the molecule is CCc1nc(-c2cc(C(=O)NCCc3cccnc3)c3ccccn23)cs1.O=C(O)C(F)(F)F. The fourth-order valence-electron chi connectivity index (χ4n) is 3.08. The van der Waals surface area contributed by atoms with Crippen LogP contribution < -0.4 is 5.32 Å².